The molecule has 18 heavy (non-hydrogen) atoms. The van der Waals surface area contributed by atoms with Crippen molar-refractivity contribution in [1.29, 1.82) is 0 Å². The summed E-state index contributed by atoms with van der Waals surface area (Å²) in [5, 5.41) is 11.3. The second-order valence-electron chi connectivity index (χ2n) is 4.03. The molecule has 100 valence electrons. The van der Waals surface area contributed by atoms with Gasteiger partial charge in [-0.25, -0.2) is 0 Å². The molecule has 6 heteroatoms. The van der Waals surface area contributed by atoms with Gasteiger partial charge in [0, 0.05) is 17.7 Å². The molecule has 0 fully saturated rings. The van der Waals surface area contributed by atoms with E-state index in [0.717, 1.165) is 4.88 Å². The van der Waals surface area contributed by atoms with E-state index in [-0.39, 0.29) is 18.4 Å². The fourth-order valence-electron chi connectivity index (χ4n) is 1.51. The number of rotatable bonds is 7. The number of nitrogens with one attached hydrogen (secondary N) is 1. The molecule has 1 aromatic heterocycles. The summed E-state index contributed by atoms with van der Waals surface area (Å²) < 4.78 is 0.701. The monoisotopic (exact) mass is 289 g/mol. The summed E-state index contributed by atoms with van der Waals surface area (Å²) in [5.41, 5.74) is 0. The minimum Gasteiger partial charge on any atom is -0.481 e. The van der Waals surface area contributed by atoms with Crippen molar-refractivity contribution >= 4 is 34.8 Å². The first-order chi connectivity index (χ1) is 8.49. The van der Waals surface area contributed by atoms with E-state index >= 15 is 0 Å². The molecular formula is C12H16ClNO3S. The number of unbranched alkanes of at least 4 members (excludes halogenated alkanes) is 1. The Morgan fingerprint density at radius 1 is 1.39 bits per heavy atom. The number of carboxylic acids is 1. The lowest BCUT2D eigenvalue weighted by Crippen LogP contribution is -2.25. The number of carboxylic acid groups (broad SMARTS) is 1. The molecule has 4 nitrogen and oxygen atoms in total. The third-order valence-corrected chi connectivity index (χ3v) is 3.86. The molecule has 1 amide bonds. The lowest BCUT2D eigenvalue weighted by atomic mass is 10.2. The number of hydrogen-bond acceptors (Lipinski definition) is 3. The molecule has 0 saturated heterocycles. The highest BCUT2D eigenvalue weighted by atomic mass is 35.5. The van der Waals surface area contributed by atoms with Gasteiger partial charge in [0.05, 0.1) is 10.4 Å². The van der Waals surface area contributed by atoms with Crippen LogP contribution >= 0.6 is 22.9 Å². The Balaban J connectivity index is 2.25. The molecular weight excluding hydrogens is 274 g/mol. The summed E-state index contributed by atoms with van der Waals surface area (Å²) in [7, 11) is 0. The Bertz CT molecular complexity index is 419. The van der Waals surface area contributed by atoms with Gasteiger partial charge in [-0.15, -0.1) is 11.3 Å². The maximum absolute atomic E-state index is 11.6. The Kier molecular flexibility index (Phi) is 6.15. The first-order valence-electron chi connectivity index (χ1n) is 5.75. The quantitative estimate of drug-likeness (QED) is 0.757. The van der Waals surface area contributed by atoms with Crippen LogP contribution in [0.3, 0.4) is 0 Å². The normalized spacial score (nSPS) is 12.1. The van der Waals surface area contributed by atoms with E-state index in [1.54, 1.807) is 6.07 Å². The molecule has 0 bridgehead atoms. The standard InChI is InChI=1S/C12H16ClNO3S/c1-8(9-6-7-10(13)18-9)14-11(15)4-2-3-5-12(16)17/h6-8H,2-5H2,1H3,(H,14,15)(H,16,17). The molecule has 1 heterocycles. The van der Waals surface area contributed by atoms with Gasteiger partial charge in [0.1, 0.15) is 0 Å². The van der Waals surface area contributed by atoms with Crippen molar-refractivity contribution in [2.75, 3.05) is 0 Å². The molecule has 1 rings (SSSR count). The number of carbonyl (C=O) groups excluding carboxylic acids is 1. The highest BCUT2D eigenvalue weighted by Gasteiger charge is 2.11. The van der Waals surface area contributed by atoms with Crippen molar-refractivity contribution in [3.8, 4) is 0 Å². The van der Waals surface area contributed by atoms with Gasteiger partial charge in [-0.2, -0.15) is 0 Å². The zero-order valence-corrected chi connectivity index (χ0v) is 11.7. The zero-order chi connectivity index (χ0) is 13.5. The number of halogens is 1. The van der Waals surface area contributed by atoms with Crippen molar-refractivity contribution < 1.29 is 14.7 Å². The van der Waals surface area contributed by atoms with E-state index in [0.29, 0.717) is 23.6 Å². The molecule has 2 N–H and O–H groups in total. The Morgan fingerprint density at radius 3 is 2.61 bits per heavy atom. The van der Waals surface area contributed by atoms with Crippen LogP contribution in [0.1, 0.15) is 43.5 Å². The molecule has 0 aliphatic rings. The highest BCUT2D eigenvalue weighted by molar-refractivity contribution is 7.16. The summed E-state index contributed by atoms with van der Waals surface area (Å²) >= 11 is 7.27. The summed E-state index contributed by atoms with van der Waals surface area (Å²) in [5.74, 6) is -0.880. The van der Waals surface area contributed by atoms with Gasteiger partial charge in [-0.3, -0.25) is 9.59 Å². The predicted octanol–water partition coefficient (Wildman–Crippen LogP) is 3.22. The van der Waals surface area contributed by atoms with Crippen molar-refractivity contribution in [1.82, 2.24) is 5.32 Å². The molecule has 0 aromatic carbocycles. The third-order valence-electron chi connectivity index (χ3n) is 2.44. The van der Waals surface area contributed by atoms with Crippen LogP contribution in [-0.2, 0) is 9.59 Å². The lowest BCUT2D eigenvalue weighted by Gasteiger charge is -2.11. The zero-order valence-electron chi connectivity index (χ0n) is 10.1. The molecule has 0 aliphatic carbocycles. The fourth-order valence-corrected chi connectivity index (χ4v) is 2.57. The number of amides is 1. The van der Waals surface area contributed by atoms with E-state index in [4.69, 9.17) is 16.7 Å². The largest absolute Gasteiger partial charge is 0.481 e. The second kappa shape index (κ2) is 7.38. The van der Waals surface area contributed by atoms with E-state index < -0.39 is 5.97 Å². The average molecular weight is 290 g/mol. The molecule has 0 spiro atoms. The topological polar surface area (TPSA) is 66.4 Å². The van der Waals surface area contributed by atoms with Crippen molar-refractivity contribution in [2.45, 2.75) is 38.6 Å². The van der Waals surface area contributed by atoms with Gasteiger partial charge in [0.2, 0.25) is 5.91 Å². The van der Waals surface area contributed by atoms with E-state index in [9.17, 15) is 9.59 Å². The minimum absolute atomic E-state index is 0.0580. The van der Waals surface area contributed by atoms with Crippen LogP contribution in [0.2, 0.25) is 4.34 Å². The predicted molar refractivity (Wildman–Crippen MR) is 72.0 cm³/mol. The van der Waals surface area contributed by atoms with Gasteiger partial charge in [0.25, 0.3) is 0 Å². The van der Waals surface area contributed by atoms with E-state index in [1.165, 1.54) is 11.3 Å². The fraction of sp³-hybridized carbons (Fsp3) is 0.500. The molecule has 1 atom stereocenters. The smallest absolute Gasteiger partial charge is 0.303 e. The van der Waals surface area contributed by atoms with Crippen molar-refractivity contribution in [3.05, 3.63) is 21.3 Å². The summed E-state index contributed by atoms with van der Waals surface area (Å²) in [6, 6.07) is 3.63. The molecule has 1 aromatic rings. The number of thiophene rings is 1. The summed E-state index contributed by atoms with van der Waals surface area (Å²) in [6.45, 7) is 1.90. The van der Waals surface area contributed by atoms with Gasteiger partial charge in [-0.05, 0) is 31.9 Å². The van der Waals surface area contributed by atoms with Crippen LogP contribution in [-0.4, -0.2) is 17.0 Å². The number of carbonyl (C=O) groups is 2. The van der Waals surface area contributed by atoms with Crippen LogP contribution in [0.4, 0.5) is 0 Å². The van der Waals surface area contributed by atoms with Crippen LogP contribution < -0.4 is 5.32 Å². The first kappa shape index (κ1) is 15.0. The SMILES string of the molecule is CC(NC(=O)CCCCC(=O)O)c1ccc(Cl)s1. The Labute approximate surface area is 115 Å². The van der Waals surface area contributed by atoms with Crippen LogP contribution in [0, 0.1) is 0 Å². The maximum atomic E-state index is 11.6. The lowest BCUT2D eigenvalue weighted by molar-refractivity contribution is -0.137. The van der Waals surface area contributed by atoms with Crippen LogP contribution in [0.25, 0.3) is 0 Å². The molecule has 0 aliphatic heterocycles. The van der Waals surface area contributed by atoms with Crippen molar-refractivity contribution in [2.24, 2.45) is 0 Å². The molecule has 0 saturated carbocycles. The Hall–Kier alpha value is -1.07. The van der Waals surface area contributed by atoms with Crippen LogP contribution in [0.15, 0.2) is 12.1 Å². The van der Waals surface area contributed by atoms with Crippen LogP contribution in [0.5, 0.6) is 0 Å². The average Bonchev–Trinajstić information content (AvgIpc) is 2.71. The van der Waals surface area contributed by atoms with E-state index in [2.05, 4.69) is 5.32 Å². The number of aliphatic carboxylic acids is 1. The number of hydrogen-bond donors (Lipinski definition) is 2. The maximum Gasteiger partial charge on any atom is 0.303 e. The first-order valence-corrected chi connectivity index (χ1v) is 6.95. The minimum atomic E-state index is -0.822. The summed E-state index contributed by atoms with van der Waals surface area (Å²) in [6.07, 6.45) is 1.60. The van der Waals surface area contributed by atoms with Gasteiger partial charge in [0.15, 0.2) is 0 Å². The molecule has 0 radical (unpaired) electrons. The van der Waals surface area contributed by atoms with Gasteiger partial charge >= 0.3 is 5.97 Å². The third kappa shape index (κ3) is 5.51. The second-order valence-corrected chi connectivity index (χ2v) is 5.78. The molecule has 1 unspecified atom stereocenters. The van der Waals surface area contributed by atoms with E-state index in [1.807, 2.05) is 13.0 Å². The highest BCUT2D eigenvalue weighted by Crippen LogP contribution is 2.26. The van der Waals surface area contributed by atoms with Gasteiger partial charge < -0.3 is 10.4 Å². The Morgan fingerprint density at radius 2 is 2.06 bits per heavy atom. The summed E-state index contributed by atoms with van der Waals surface area (Å²) in [4.78, 5) is 22.9. The van der Waals surface area contributed by atoms with Crippen molar-refractivity contribution in [3.63, 3.8) is 0 Å². The van der Waals surface area contributed by atoms with Gasteiger partial charge in [-0.1, -0.05) is 11.6 Å².